The second-order valence-electron chi connectivity index (χ2n) is 1.98. The maximum atomic E-state index is 8.56. The van der Waals surface area contributed by atoms with Gasteiger partial charge in [-0.25, -0.2) is 33.6 Å². The van der Waals surface area contributed by atoms with Crippen LogP contribution in [0, 0.1) is 0 Å². The van der Waals surface area contributed by atoms with Gasteiger partial charge >= 0.3 is 383 Å². The van der Waals surface area contributed by atoms with Crippen LogP contribution in [0.15, 0.2) is 0 Å². The zero-order valence-electron chi connectivity index (χ0n) is 37.0. The Bertz CT molecular complexity index is 382. The van der Waals surface area contributed by atoms with E-state index in [1.807, 2.05) is 0 Å². The maximum absolute atomic E-state index is 8.56. The van der Waals surface area contributed by atoms with Gasteiger partial charge in [0.15, 0.2) is 0 Å². The average molecular weight is 813 g/mol. The summed E-state index contributed by atoms with van der Waals surface area (Å²) in [7, 11) is 0. The Morgan fingerprint density at radius 2 is 0.216 bits per heavy atom. The predicted molar refractivity (Wildman–Crippen MR) is 146 cm³/mol. The molecule has 0 aromatic heterocycles. The van der Waals surface area contributed by atoms with Crippen molar-refractivity contribution in [2.75, 3.05) is 0 Å². The number of carboxylic acid groups (broad SMARTS) is 14. The molecule has 0 atom stereocenters. The minimum atomic E-state index is -1.83. The van der Waals surface area contributed by atoms with Gasteiger partial charge in [0.05, 0.1) is 0 Å². The molecule has 0 radical (unpaired) electrons. The van der Waals surface area contributed by atoms with Crippen LogP contribution in [0.2, 0.25) is 0 Å². The monoisotopic (exact) mass is 812 g/mol. The van der Waals surface area contributed by atoms with Crippen LogP contribution in [0.4, 0.5) is 33.6 Å². The second-order valence-corrected chi connectivity index (χ2v) is 1.98. The largest absolute Gasteiger partial charge is 2.00 e. The van der Waals surface area contributed by atoms with Crippen molar-refractivity contribution in [1.29, 1.82) is 0 Å². The fraction of sp³-hybridized carbons (Fsp3) is 0. The third-order valence-corrected chi connectivity index (χ3v) is 0. The SMILES string of the molecule is O=C(O)O.O=C(O)O.O=C(O)O.O=C(O)O.O=C(O)O.O=C(O)O.O=C(O)O.[Ca+2].[Ca+2].[Ca+2].[Ca+2].[Ca+2].[Ca+2].[Ca+2].[Ca+2].[Ca+2].[H-].[H-].[H-].[H-].[H-].[H-].[H-].[H-].[H-].[H-].[H-].[H-].[H-].[H-].[H-].[H-].[H-].[H-]. The molecule has 0 rings (SSSR count). The molecule has 0 unspecified atom stereocenters. The fourth-order valence-corrected chi connectivity index (χ4v) is 0. The Balaban J connectivity index is -0.00000000270. The van der Waals surface area contributed by atoms with Crippen LogP contribution in [-0.2, 0) is 0 Å². The zero-order chi connectivity index (χ0) is 25.0. The number of hydrogen-bond donors (Lipinski definition) is 14. The van der Waals surface area contributed by atoms with Crippen molar-refractivity contribution in [3.05, 3.63) is 0 Å². The third kappa shape index (κ3) is 1760. The van der Waals surface area contributed by atoms with Gasteiger partial charge in [0.25, 0.3) is 0 Å². The molecule has 0 saturated carbocycles. The first kappa shape index (κ1) is 104. The van der Waals surface area contributed by atoms with Crippen molar-refractivity contribution in [2.24, 2.45) is 0 Å². The summed E-state index contributed by atoms with van der Waals surface area (Å²) in [5.74, 6) is 0. The Kier molecular flexibility index (Phi) is 272. The van der Waals surface area contributed by atoms with E-state index in [1.165, 1.54) is 0 Å². The molecule has 0 aromatic carbocycles. The van der Waals surface area contributed by atoms with E-state index in [0.717, 1.165) is 0 Å². The van der Waals surface area contributed by atoms with E-state index >= 15 is 0 Å². The molecule has 21 nitrogen and oxygen atoms in total. The summed E-state index contributed by atoms with van der Waals surface area (Å²) in [6.07, 6.45) is -12.8. The van der Waals surface area contributed by atoms with Crippen LogP contribution < -0.4 is 0 Å². The van der Waals surface area contributed by atoms with Crippen LogP contribution in [0.3, 0.4) is 0 Å². The van der Waals surface area contributed by atoms with Gasteiger partial charge < -0.3 is 97.2 Å². The molecule has 204 valence electrons. The Labute approximate surface area is 501 Å². The van der Waals surface area contributed by atoms with Gasteiger partial charge in [-0.2, -0.15) is 0 Å². The predicted octanol–water partition coefficient (Wildman–Crippen LogP) is 0.155. The summed E-state index contributed by atoms with van der Waals surface area (Å²) in [5.41, 5.74) is 0. The molecule has 0 spiro atoms. The van der Waals surface area contributed by atoms with E-state index in [2.05, 4.69) is 0 Å². The first-order valence-corrected chi connectivity index (χ1v) is 4.56. The van der Waals surface area contributed by atoms with Crippen molar-refractivity contribution >= 4 is 383 Å². The quantitative estimate of drug-likeness (QED) is 0.145. The summed E-state index contributed by atoms with van der Waals surface area (Å²) in [5, 5.41) is 97.6. The van der Waals surface area contributed by atoms with Gasteiger partial charge in [-0.05, 0) is 0 Å². The number of rotatable bonds is 0. The van der Waals surface area contributed by atoms with Gasteiger partial charge in [-0.15, -0.1) is 0 Å². The van der Waals surface area contributed by atoms with Crippen LogP contribution in [0.25, 0.3) is 0 Å². The summed E-state index contributed by atoms with van der Waals surface area (Å²) in [6, 6.07) is 0. The minimum Gasteiger partial charge on any atom is -1.00 e. The molecule has 0 amide bonds. The van der Waals surface area contributed by atoms with Gasteiger partial charge in [-0.3, -0.25) is 0 Å². The average Bonchev–Trinajstić information content (AvgIpc) is 2.20. The summed E-state index contributed by atoms with van der Waals surface area (Å²) in [6.45, 7) is 0. The van der Waals surface area contributed by atoms with E-state index in [1.54, 1.807) is 0 Å². The zero-order valence-corrected chi connectivity index (χ0v) is 38.9. The molecule has 0 bridgehead atoms. The first-order valence-electron chi connectivity index (χ1n) is 4.56. The van der Waals surface area contributed by atoms with Crippen molar-refractivity contribution in [1.82, 2.24) is 0 Å². The van der Waals surface area contributed by atoms with Gasteiger partial charge in [0.2, 0.25) is 0 Å². The Hall–Kier alpha value is 6.23. The Morgan fingerprint density at radius 1 is 0.216 bits per heavy atom. The third-order valence-electron chi connectivity index (χ3n) is 0. The van der Waals surface area contributed by atoms with Gasteiger partial charge in [-0.1, -0.05) is 0 Å². The van der Waals surface area contributed by atoms with E-state index in [4.69, 9.17) is 105 Å². The maximum Gasteiger partial charge on any atom is 2.00 e. The molecule has 0 aromatic rings. The van der Waals surface area contributed by atoms with Crippen molar-refractivity contribution in [3.63, 3.8) is 0 Å². The van der Waals surface area contributed by atoms with Crippen molar-refractivity contribution < 1.29 is 131 Å². The summed E-state index contributed by atoms with van der Waals surface area (Å²) < 4.78 is 0. The van der Waals surface area contributed by atoms with E-state index in [9.17, 15) is 0 Å². The molecule has 0 aliphatic rings. The van der Waals surface area contributed by atoms with E-state index < -0.39 is 43.1 Å². The molecule has 0 aliphatic heterocycles. The van der Waals surface area contributed by atoms with Crippen molar-refractivity contribution in [2.45, 2.75) is 0 Å². The van der Waals surface area contributed by atoms with Gasteiger partial charge in [0, 0.05) is 0 Å². The Morgan fingerprint density at radius 3 is 0.216 bits per heavy atom. The second kappa shape index (κ2) is 96.8. The van der Waals surface area contributed by atoms with Crippen LogP contribution in [-0.4, -0.2) is 454 Å². The molecular formula is C7H32Ca9O21. The van der Waals surface area contributed by atoms with Crippen LogP contribution >= 0.6 is 0 Å². The van der Waals surface area contributed by atoms with Crippen LogP contribution in [0.1, 0.15) is 25.7 Å². The molecule has 37 heavy (non-hydrogen) atoms. The fourth-order valence-electron chi connectivity index (χ4n) is 0. The normalized spacial score (nSPS) is 4.54. The van der Waals surface area contributed by atoms with Gasteiger partial charge in [0.1, 0.15) is 0 Å². The smallest absolute Gasteiger partial charge is 1.00 e. The molecule has 0 aliphatic carbocycles. The summed E-state index contributed by atoms with van der Waals surface area (Å²) >= 11 is 0. The minimum absolute atomic E-state index is 0. The molecular weight excluding hydrogens is 781 g/mol. The van der Waals surface area contributed by atoms with Crippen LogP contribution in [0.5, 0.6) is 0 Å². The molecule has 0 heterocycles. The van der Waals surface area contributed by atoms with E-state index in [-0.39, 0.29) is 365 Å². The topological polar surface area (TPSA) is 403 Å². The van der Waals surface area contributed by atoms with E-state index in [0.29, 0.717) is 0 Å². The first-order chi connectivity index (χ1) is 12.1. The number of carbonyl (C=O) groups is 7. The molecule has 0 saturated heterocycles. The molecule has 0 fully saturated rings. The molecule has 14 N–H and O–H groups in total. The molecule has 30 heteroatoms. The van der Waals surface area contributed by atoms with Crippen molar-refractivity contribution in [3.8, 4) is 0 Å². The summed E-state index contributed by atoms with van der Waals surface area (Å²) in [4.78, 5) is 59.9. The number of hydrogen-bond acceptors (Lipinski definition) is 7. The standard InChI is InChI=1S/7CH2O3.9Ca.18H/c7*2-1(3)4;;;;;;;;;;;;;;;;;;;;;;;;;;;/h7*(H2,2,3,4);;;;;;;;;;;;;;;;;;;;;;;;;;;/q;;;;;;;9*+2;18*-1.